The average molecular weight is 381 g/mol. The molecule has 0 saturated heterocycles. The monoisotopic (exact) mass is 381 g/mol. The first-order chi connectivity index (χ1) is 13.1. The summed E-state index contributed by atoms with van der Waals surface area (Å²) in [5.74, 6) is 1.42. The molecule has 0 bridgehead atoms. The lowest BCUT2D eigenvalue weighted by Crippen LogP contribution is -2.24. The van der Waals surface area contributed by atoms with Gasteiger partial charge in [-0.2, -0.15) is 4.58 Å². The number of rotatable bonds is 3. The molecule has 2 aliphatic rings. The van der Waals surface area contributed by atoms with Gasteiger partial charge in [0.05, 0.1) is 22.0 Å². The first-order valence-corrected chi connectivity index (χ1v) is 9.34. The normalized spacial score (nSPS) is 18.9. The number of aromatic nitrogens is 1. The molecule has 3 heterocycles. The van der Waals surface area contributed by atoms with Crippen molar-refractivity contribution in [1.82, 2.24) is 4.98 Å². The molecule has 1 aromatic heterocycles. The Labute approximate surface area is 159 Å². The van der Waals surface area contributed by atoms with Crippen molar-refractivity contribution in [3.63, 3.8) is 0 Å². The van der Waals surface area contributed by atoms with E-state index in [1.165, 1.54) is 11.3 Å². The van der Waals surface area contributed by atoms with Crippen molar-refractivity contribution in [2.75, 3.05) is 12.5 Å². The maximum atomic E-state index is 10.9. The van der Waals surface area contributed by atoms with Gasteiger partial charge >= 0.3 is 0 Å². The number of anilines is 1. The van der Waals surface area contributed by atoms with Crippen LogP contribution in [0.3, 0.4) is 0 Å². The number of benzene rings is 2. The molecule has 2 unspecified atom stereocenters. The number of fused-ring (bicyclic) bond motifs is 2. The Hall–Kier alpha value is -2.97. The lowest BCUT2D eigenvalue weighted by molar-refractivity contribution is -0.635. The minimum atomic E-state index is -0.817. The fourth-order valence-electron chi connectivity index (χ4n) is 3.40. The number of aliphatic hydroxyl groups excluding tert-OH is 1. The van der Waals surface area contributed by atoms with Crippen LogP contribution in [0.4, 0.5) is 5.13 Å². The number of aliphatic imine (C=N–C) groups is 1. The van der Waals surface area contributed by atoms with Crippen molar-refractivity contribution in [1.29, 1.82) is 0 Å². The summed E-state index contributed by atoms with van der Waals surface area (Å²) in [7, 11) is 0. The molecule has 0 spiro atoms. The van der Waals surface area contributed by atoms with Crippen LogP contribution in [-0.2, 0) is 0 Å². The van der Waals surface area contributed by atoms with E-state index in [1.807, 2.05) is 37.3 Å². The summed E-state index contributed by atoms with van der Waals surface area (Å²) in [5.41, 5.74) is 9.34. The molecule has 3 N–H and O–H groups in total. The summed E-state index contributed by atoms with van der Waals surface area (Å²) in [6.45, 7) is 2.16. The number of nitrogens with two attached hydrogens (primary N) is 1. The van der Waals surface area contributed by atoms with Crippen molar-refractivity contribution >= 4 is 39.1 Å². The zero-order chi connectivity index (χ0) is 18.5. The molecule has 3 aromatic rings. The van der Waals surface area contributed by atoms with Crippen LogP contribution >= 0.6 is 11.3 Å². The minimum absolute atomic E-state index is 0.115. The molecule has 2 aliphatic heterocycles. The van der Waals surface area contributed by atoms with Gasteiger partial charge in [-0.05, 0) is 29.8 Å². The van der Waals surface area contributed by atoms with Crippen molar-refractivity contribution in [2.45, 2.75) is 19.3 Å². The van der Waals surface area contributed by atoms with Crippen molar-refractivity contribution < 1.29 is 19.2 Å². The zero-order valence-corrected chi connectivity index (χ0v) is 15.3. The standard InChI is InChI=1S/C19H17N4O3S/c1-10-21-4-5-23(10)18(24)12-6-13(17-16(8-12)27-19(20)22-17)11-2-3-14-15(7-11)26-9-25-14/h2-8,10,18,24H,9H2,1H3,(H2,20,22)/q+1. The van der Waals surface area contributed by atoms with Gasteiger partial charge in [0.25, 0.3) is 6.23 Å². The molecular weight excluding hydrogens is 364 g/mol. The first-order valence-electron chi connectivity index (χ1n) is 8.52. The highest BCUT2D eigenvalue weighted by atomic mass is 32.1. The van der Waals surface area contributed by atoms with Gasteiger partial charge in [-0.3, -0.25) is 0 Å². The topological polar surface area (TPSA) is 93.0 Å². The Morgan fingerprint density at radius 3 is 2.93 bits per heavy atom. The SMILES string of the molecule is CC1N=CC=[N+]1C(O)c1cc(-c2ccc3c(c2)OCO3)c2nc(N)sc2c1. The highest BCUT2D eigenvalue weighted by molar-refractivity contribution is 7.22. The van der Waals surface area contributed by atoms with E-state index in [-0.39, 0.29) is 13.0 Å². The highest BCUT2D eigenvalue weighted by Gasteiger charge is 2.29. The van der Waals surface area contributed by atoms with Crippen LogP contribution in [0.2, 0.25) is 0 Å². The lowest BCUT2D eigenvalue weighted by atomic mass is 10.0. The number of hydrogen-bond acceptors (Lipinski definition) is 7. The van der Waals surface area contributed by atoms with Gasteiger partial charge in [0, 0.05) is 12.5 Å². The van der Waals surface area contributed by atoms with Crippen molar-refractivity contribution in [3.8, 4) is 22.6 Å². The summed E-state index contributed by atoms with van der Waals surface area (Å²) >= 11 is 1.40. The molecule has 136 valence electrons. The average Bonchev–Trinajstić information content (AvgIpc) is 3.37. The van der Waals surface area contributed by atoms with Crippen molar-refractivity contribution in [2.24, 2.45) is 4.99 Å². The third-order valence-corrected chi connectivity index (χ3v) is 5.60. The first kappa shape index (κ1) is 16.2. The quantitative estimate of drug-likeness (QED) is 0.681. The van der Waals surface area contributed by atoms with Gasteiger partial charge in [-0.25, -0.2) is 9.98 Å². The van der Waals surface area contributed by atoms with E-state index in [9.17, 15) is 5.11 Å². The van der Waals surface area contributed by atoms with E-state index in [0.29, 0.717) is 10.9 Å². The number of nitrogen functional groups attached to an aromatic ring is 1. The predicted octanol–water partition coefficient (Wildman–Crippen LogP) is 2.78. The van der Waals surface area contributed by atoms with E-state index in [4.69, 9.17) is 15.2 Å². The van der Waals surface area contributed by atoms with Crippen molar-refractivity contribution in [3.05, 3.63) is 35.9 Å². The van der Waals surface area contributed by atoms with Gasteiger partial charge in [0.15, 0.2) is 22.8 Å². The molecule has 0 fully saturated rings. The molecule has 5 rings (SSSR count). The van der Waals surface area contributed by atoms with Crippen LogP contribution in [-0.4, -0.2) is 40.1 Å². The van der Waals surface area contributed by atoms with Gasteiger partial charge in [0.1, 0.15) is 0 Å². The van der Waals surface area contributed by atoms with E-state index in [1.54, 1.807) is 17.0 Å². The molecule has 8 heteroatoms. The van der Waals surface area contributed by atoms with E-state index in [2.05, 4.69) is 9.98 Å². The fraction of sp³-hybridized carbons (Fsp3) is 0.211. The summed E-state index contributed by atoms with van der Waals surface area (Å²) < 4.78 is 13.6. The van der Waals surface area contributed by atoms with E-state index in [0.717, 1.165) is 32.7 Å². The molecule has 0 amide bonds. The van der Waals surface area contributed by atoms with Gasteiger partial charge in [-0.1, -0.05) is 17.4 Å². The van der Waals surface area contributed by atoms with Gasteiger partial charge in [-0.15, -0.1) is 0 Å². The van der Waals surface area contributed by atoms with E-state index >= 15 is 0 Å². The lowest BCUT2D eigenvalue weighted by Gasteiger charge is -2.13. The second kappa shape index (κ2) is 6.04. The summed E-state index contributed by atoms with van der Waals surface area (Å²) in [4.78, 5) is 8.77. The minimum Gasteiger partial charge on any atom is -0.454 e. The maximum absolute atomic E-state index is 10.9. The Kier molecular flexibility index (Phi) is 3.63. The smallest absolute Gasteiger partial charge is 0.283 e. The van der Waals surface area contributed by atoms with Crippen LogP contribution in [0.5, 0.6) is 11.5 Å². The Bertz CT molecular complexity index is 1120. The number of hydrogen-bond donors (Lipinski definition) is 2. The second-order valence-corrected chi connectivity index (χ2v) is 7.50. The molecule has 2 atom stereocenters. The zero-order valence-electron chi connectivity index (χ0n) is 14.5. The largest absolute Gasteiger partial charge is 0.454 e. The van der Waals surface area contributed by atoms with Crippen LogP contribution in [0, 0.1) is 0 Å². The maximum Gasteiger partial charge on any atom is 0.283 e. The Balaban J connectivity index is 1.67. The molecule has 7 nitrogen and oxygen atoms in total. The Morgan fingerprint density at radius 1 is 1.26 bits per heavy atom. The second-order valence-electron chi connectivity index (χ2n) is 6.44. The summed E-state index contributed by atoms with van der Waals surface area (Å²) in [6.07, 6.45) is 2.57. The van der Waals surface area contributed by atoms with Crippen LogP contribution in [0.25, 0.3) is 21.3 Å². The van der Waals surface area contributed by atoms with E-state index < -0.39 is 6.23 Å². The summed E-state index contributed by atoms with van der Waals surface area (Å²) in [5, 5.41) is 11.4. The number of nitrogens with zero attached hydrogens (tertiary/aromatic N) is 3. The van der Waals surface area contributed by atoms with Gasteiger partial charge < -0.3 is 20.3 Å². The van der Waals surface area contributed by atoms with Gasteiger partial charge in [0.2, 0.25) is 13.0 Å². The van der Waals surface area contributed by atoms with Crippen LogP contribution < -0.4 is 15.2 Å². The number of thiazole rings is 1. The molecule has 0 radical (unpaired) electrons. The molecular formula is C19H17N4O3S+. The molecule has 2 aromatic carbocycles. The Morgan fingerprint density at radius 2 is 2.11 bits per heavy atom. The number of ether oxygens (including phenoxy) is 2. The van der Waals surface area contributed by atoms with Crippen LogP contribution in [0.1, 0.15) is 18.7 Å². The number of aliphatic hydroxyl groups is 1. The third kappa shape index (κ3) is 2.65. The molecule has 27 heavy (non-hydrogen) atoms. The predicted molar refractivity (Wildman–Crippen MR) is 105 cm³/mol. The van der Waals surface area contributed by atoms with Crippen LogP contribution in [0.15, 0.2) is 35.3 Å². The third-order valence-electron chi connectivity index (χ3n) is 4.77. The fourth-order valence-corrected chi connectivity index (χ4v) is 4.21. The molecule has 0 aliphatic carbocycles. The molecule has 0 saturated carbocycles. The highest BCUT2D eigenvalue weighted by Crippen LogP contribution is 2.40. The summed E-state index contributed by atoms with van der Waals surface area (Å²) in [6, 6.07) is 9.65.